The molecule has 122 valence electrons. The number of amides is 1. The van der Waals surface area contributed by atoms with Gasteiger partial charge in [-0.2, -0.15) is 0 Å². The normalized spacial score (nSPS) is 16.4. The third-order valence-electron chi connectivity index (χ3n) is 3.69. The largest absolute Gasteiger partial charge is 0.353 e. The van der Waals surface area contributed by atoms with Gasteiger partial charge in [-0.1, -0.05) is 15.9 Å². The van der Waals surface area contributed by atoms with Crippen LogP contribution in [0.15, 0.2) is 33.6 Å². The van der Waals surface area contributed by atoms with Crippen LogP contribution in [0.1, 0.15) is 25.7 Å². The van der Waals surface area contributed by atoms with Crippen LogP contribution in [0.3, 0.4) is 0 Å². The Bertz CT molecular complexity index is 596. The Hall–Kier alpha value is -0.920. The second-order valence-electron chi connectivity index (χ2n) is 5.47. The van der Waals surface area contributed by atoms with E-state index in [1.165, 1.54) is 0 Å². The van der Waals surface area contributed by atoms with E-state index in [1.54, 1.807) is 24.3 Å². The van der Waals surface area contributed by atoms with Crippen molar-refractivity contribution in [3.8, 4) is 0 Å². The van der Waals surface area contributed by atoms with Crippen LogP contribution in [0.4, 0.5) is 0 Å². The molecule has 5 nitrogen and oxygen atoms in total. The fourth-order valence-corrected chi connectivity index (χ4v) is 4.02. The average molecular weight is 389 g/mol. The number of halogens is 1. The summed E-state index contributed by atoms with van der Waals surface area (Å²) in [5.74, 6) is -0.0632. The van der Waals surface area contributed by atoms with Crippen molar-refractivity contribution in [1.29, 1.82) is 0 Å². The Kier molecular flexibility index (Phi) is 6.40. The van der Waals surface area contributed by atoms with Crippen LogP contribution in [-0.2, 0) is 14.6 Å². The van der Waals surface area contributed by atoms with E-state index in [1.807, 2.05) is 0 Å². The molecule has 0 radical (unpaired) electrons. The summed E-state index contributed by atoms with van der Waals surface area (Å²) in [6.45, 7) is 1.84. The van der Waals surface area contributed by atoms with Crippen LogP contribution < -0.4 is 10.6 Å². The minimum atomic E-state index is -3.32. The SMILES string of the molecule is O=C(CCCS(=O)(=O)c1ccc(Br)cc1)NC1CCNCC1. The summed E-state index contributed by atoms with van der Waals surface area (Å²) in [5, 5.41) is 6.21. The highest BCUT2D eigenvalue weighted by Crippen LogP contribution is 2.17. The highest BCUT2D eigenvalue weighted by atomic mass is 79.9. The van der Waals surface area contributed by atoms with Crippen molar-refractivity contribution in [1.82, 2.24) is 10.6 Å². The molecule has 1 aromatic rings. The molecule has 2 rings (SSSR count). The number of carbonyl (C=O) groups excluding carboxylic acids is 1. The zero-order chi connectivity index (χ0) is 16.0. The summed E-state index contributed by atoms with van der Waals surface area (Å²) in [6.07, 6.45) is 2.46. The molecule has 0 aromatic heterocycles. The van der Waals surface area contributed by atoms with Crippen LogP contribution in [-0.4, -0.2) is 39.2 Å². The van der Waals surface area contributed by atoms with Gasteiger partial charge >= 0.3 is 0 Å². The molecule has 1 saturated heterocycles. The first-order valence-electron chi connectivity index (χ1n) is 7.46. The predicted octanol–water partition coefficient (Wildman–Crippen LogP) is 1.87. The van der Waals surface area contributed by atoms with Crippen molar-refractivity contribution in [2.75, 3.05) is 18.8 Å². The van der Waals surface area contributed by atoms with Crippen molar-refractivity contribution in [3.63, 3.8) is 0 Å². The van der Waals surface area contributed by atoms with E-state index in [9.17, 15) is 13.2 Å². The first-order valence-corrected chi connectivity index (χ1v) is 9.90. The lowest BCUT2D eigenvalue weighted by Gasteiger charge is -2.23. The molecule has 22 heavy (non-hydrogen) atoms. The number of rotatable bonds is 6. The first kappa shape index (κ1) is 17.4. The number of benzene rings is 1. The topological polar surface area (TPSA) is 75.3 Å². The molecule has 1 heterocycles. The monoisotopic (exact) mass is 388 g/mol. The minimum Gasteiger partial charge on any atom is -0.353 e. The van der Waals surface area contributed by atoms with E-state index in [0.717, 1.165) is 30.4 Å². The van der Waals surface area contributed by atoms with Gasteiger partial charge in [-0.25, -0.2) is 8.42 Å². The molecule has 0 atom stereocenters. The molecule has 1 fully saturated rings. The minimum absolute atomic E-state index is 0.00568. The van der Waals surface area contributed by atoms with Gasteiger partial charge in [-0.15, -0.1) is 0 Å². The second kappa shape index (κ2) is 8.08. The number of carbonyl (C=O) groups is 1. The molecule has 2 N–H and O–H groups in total. The van der Waals surface area contributed by atoms with E-state index in [2.05, 4.69) is 26.6 Å². The van der Waals surface area contributed by atoms with Crippen LogP contribution in [0, 0.1) is 0 Å². The fourth-order valence-electron chi connectivity index (χ4n) is 2.45. The number of hydrogen-bond donors (Lipinski definition) is 2. The zero-order valence-corrected chi connectivity index (χ0v) is 14.7. The van der Waals surface area contributed by atoms with Crippen LogP contribution in [0.25, 0.3) is 0 Å². The van der Waals surface area contributed by atoms with E-state index in [0.29, 0.717) is 11.3 Å². The summed E-state index contributed by atoms with van der Waals surface area (Å²) in [6, 6.07) is 6.79. The lowest BCUT2D eigenvalue weighted by Crippen LogP contribution is -2.42. The van der Waals surface area contributed by atoms with Gasteiger partial charge in [-0.05, 0) is 56.6 Å². The van der Waals surface area contributed by atoms with Gasteiger partial charge in [0.25, 0.3) is 0 Å². The third kappa shape index (κ3) is 5.37. The molecule has 1 aliphatic heterocycles. The summed E-state index contributed by atoms with van der Waals surface area (Å²) in [4.78, 5) is 12.1. The van der Waals surface area contributed by atoms with Crippen LogP contribution >= 0.6 is 15.9 Å². The second-order valence-corrected chi connectivity index (χ2v) is 8.49. The first-order chi connectivity index (χ1) is 10.5. The Balaban J connectivity index is 1.77. The highest BCUT2D eigenvalue weighted by Gasteiger charge is 2.17. The molecular formula is C15H21BrN2O3S. The predicted molar refractivity (Wildman–Crippen MR) is 89.5 cm³/mol. The molecule has 1 aromatic carbocycles. The molecule has 1 aliphatic rings. The fraction of sp³-hybridized carbons (Fsp3) is 0.533. The number of sulfone groups is 1. The lowest BCUT2D eigenvalue weighted by atomic mass is 10.1. The average Bonchev–Trinajstić information content (AvgIpc) is 2.48. The molecule has 0 bridgehead atoms. The van der Waals surface area contributed by atoms with E-state index in [-0.39, 0.29) is 24.1 Å². The van der Waals surface area contributed by atoms with Crippen molar-refractivity contribution in [2.45, 2.75) is 36.6 Å². The summed E-state index contributed by atoms with van der Waals surface area (Å²) in [5.41, 5.74) is 0. The number of hydrogen-bond acceptors (Lipinski definition) is 4. The molecule has 0 aliphatic carbocycles. The van der Waals surface area contributed by atoms with Gasteiger partial charge in [-0.3, -0.25) is 4.79 Å². The Labute approximate surface area is 139 Å². The number of nitrogens with one attached hydrogen (secondary N) is 2. The van der Waals surface area contributed by atoms with Crippen molar-refractivity contribution in [3.05, 3.63) is 28.7 Å². The lowest BCUT2D eigenvalue weighted by molar-refractivity contribution is -0.121. The van der Waals surface area contributed by atoms with Crippen molar-refractivity contribution >= 4 is 31.7 Å². The standard InChI is InChI=1S/C15H21BrN2O3S/c16-12-3-5-14(6-4-12)22(20,21)11-1-2-15(19)18-13-7-9-17-10-8-13/h3-6,13,17H,1-2,7-11H2,(H,18,19). The maximum Gasteiger partial charge on any atom is 0.220 e. The Morgan fingerprint density at radius 2 is 1.86 bits per heavy atom. The van der Waals surface area contributed by atoms with E-state index < -0.39 is 9.84 Å². The van der Waals surface area contributed by atoms with Crippen molar-refractivity contribution in [2.24, 2.45) is 0 Å². The van der Waals surface area contributed by atoms with Gasteiger partial charge in [0.05, 0.1) is 10.6 Å². The third-order valence-corrected chi connectivity index (χ3v) is 6.04. The summed E-state index contributed by atoms with van der Waals surface area (Å²) in [7, 11) is -3.32. The van der Waals surface area contributed by atoms with Gasteiger partial charge in [0.2, 0.25) is 5.91 Å². The molecule has 0 unspecified atom stereocenters. The number of piperidine rings is 1. The van der Waals surface area contributed by atoms with Gasteiger partial charge in [0.1, 0.15) is 0 Å². The maximum absolute atomic E-state index is 12.2. The summed E-state index contributed by atoms with van der Waals surface area (Å²) < 4.78 is 25.2. The summed E-state index contributed by atoms with van der Waals surface area (Å²) >= 11 is 3.28. The Morgan fingerprint density at radius 3 is 2.50 bits per heavy atom. The highest BCUT2D eigenvalue weighted by molar-refractivity contribution is 9.10. The van der Waals surface area contributed by atoms with E-state index in [4.69, 9.17) is 0 Å². The molecule has 0 saturated carbocycles. The van der Waals surface area contributed by atoms with E-state index >= 15 is 0 Å². The van der Waals surface area contributed by atoms with Gasteiger partial charge in [0.15, 0.2) is 9.84 Å². The Morgan fingerprint density at radius 1 is 1.23 bits per heavy atom. The van der Waals surface area contributed by atoms with Crippen molar-refractivity contribution < 1.29 is 13.2 Å². The maximum atomic E-state index is 12.2. The molecular weight excluding hydrogens is 368 g/mol. The quantitative estimate of drug-likeness (QED) is 0.779. The van der Waals surface area contributed by atoms with Gasteiger partial charge < -0.3 is 10.6 Å². The van der Waals surface area contributed by atoms with Crippen LogP contribution in [0.2, 0.25) is 0 Å². The smallest absolute Gasteiger partial charge is 0.220 e. The molecule has 0 spiro atoms. The van der Waals surface area contributed by atoms with Gasteiger partial charge in [0, 0.05) is 16.9 Å². The molecule has 1 amide bonds. The van der Waals surface area contributed by atoms with Crippen LogP contribution in [0.5, 0.6) is 0 Å². The zero-order valence-electron chi connectivity index (χ0n) is 12.3. The molecule has 7 heteroatoms.